The second-order valence-corrected chi connectivity index (χ2v) is 7.20. The highest BCUT2D eigenvalue weighted by Gasteiger charge is 2.23. The molecule has 4 rings (SSSR count). The molecular formula is C21H19BrN2O. The lowest BCUT2D eigenvalue weighted by Crippen LogP contribution is -2.48. The number of fused-ring (bicyclic) bond motifs is 1. The molecule has 1 heterocycles. The lowest BCUT2D eigenvalue weighted by molar-refractivity contribution is 0.0749. The highest BCUT2D eigenvalue weighted by Crippen LogP contribution is 2.23. The Morgan fingerprint density at radius 1 is 0.800 bits per heavy atom. The highest BCUT2D eigenvalue weighted by molar-refractivity contribution is 9.10. The minimum Gasteiger partial charge on any atom is -0.368 e. The summed E-state index contributed by atoms with van der Waals surface area (Å²) in [5, 5.41) is 2.15. The largest absolute Gasteiger partial charge is 0.368 e. The van der Waals surface area contributed by atoms with E-state index in [0.717, 1.165) is 47.0 Å². The number of piperazine rings is 1. The van der Waals surface area contributed by atoms with Crippen LogP contribution in [-0.2, 0) is 0 Å². The summed E-state index contributed by atoms with van der Waals surface area (Å²) in [6.07, 6.45) is 0. The number of halogens is 1. The molecule has 3 nitrogen and oxygen atoms in total. The molecule has 1 aliphatic rings. The topological polar surface area (TPSA) is 23.6 Å². The van der Waals surface area contributed by atoms with Gasteiger partial charge in [-0.05, 0) is 41.1 Å². The van der Waals surface area contributed by atoms with Crippen molar-refractivity contribution in [3.63, 3.8) is 0 Å². The molecule has 1 aliphatic heterocycles. The fourth-order valence-electron chi connectivity index (χ4n) is 3.40. The van der Waals surface area contributed by atoms with Gasteiger partial charge >= 0.3 is 0 Å². The van der Waals surface area contributed by atoms with Gasteiger partial charge in [0.25, 0.3) is 5.91 Å². The van der Waals surface area contributed by atoms with Crippen molar-refractivity contribution in [2.45, 2.75) is 0 Å². The van der Waals surface area contributed by atoms with E-state index in [9.17, 15) is 4.79 Å². The van der Waals surface area contributed by atoms with E-state index in [1.54, 1.807) is 0 Å². The van der Waals surface area contributed by atoms with Crippen LogP contribution in [0.3, 0.4) is 0 Å². The molecule has 1 saturated heterocycles. The van der Waals surface area contributed by atoms with Crippen molar-refractivity contribution in [3.05, 3.63) is 76.8 Å². The van der Waals surface area contributed by atoms with E-state index in [0.29, 0.717) is 0 Å². The third kappa shape index (κ3) is 3.27. The molecule has 0 aromatic heterocycles. The Morgan fingerprint density at radius 3 is 2.24 bits per heavy atom. The predicted octanol–water partition coefficient (Wildman–Crippen LogP) is 4.56. The zero-order valence-electron chi connectivity index (χ0n) is 13.9. The molecule has 0 spiro atoms. The summed E-state index contributed by atoms with van der Waals surface area (Å²) in [6, 6.07) is 22.4. The van der Waals surface area contributed by atoms with Gasteiger partial charge in [-0.3, -0.25) is 4.79 Å². The molecule has 4 heteroatoms. The molecule has 1 amide bonds. The standard InChI is InChI=1S/C21H19BrN2O/c22-17-8-10-18(11-9-17)23-12-14-24(15-13-23)21(25)20-7-3-5-16-4-1-2-6-19(16)20/h1-11H,12-15H2. The Balaban J connectivity index is 1.50. The van der Waals surface area contributed by atoms with E-state index in [1.807, 2.05) is 35.2 Å². The molecule has 0 unspecified atom stereocenters. The molecule has 0 radical (unpaired) electrons. The van der Waals surface area contributed by atoms with Crippen LogP contribution in [0.2, 0.25) is 0 Å². The average molecular weight is 395 g/mol. The maximum Gasteiger partial charge on any atom is 0.254 e. The quantitative estimate of drug-likeness (QED) is 0.635. The van der Waals surface area contributed by atoms with Crippen LogP contribution in [0.5, 0.6) is 0 Å². The van der Waals surface area contributed by atoms with Gasteiger partial charge in [-0.2, -0.15) is 0 Å². The van der Waals surface area contributed by atoms with E-state index < -0.39 is 0 Å². The average Bonchev–Trinajstić information content (AvgIpc) is 2.68. The van der Waals surface area contributed by atoms with Crippen molar-refractivity contribution in [2.75, 3.05) is 31.1 Å². The monoisotopic (exact) mass is 394 g/mol. The summed E-state index contributed by atoms with van der Waals surface area (Å²) < 4.78 is 1.08. The first-order valence-electron chi connectivity index (χ1n) is 8.50. The van der Waals surface area contributed by atoms with Crippen LogP contribution in [0.15, 0.2) is 71.2 Å². The first-order chi connectivity index (χ1) is 12.2. The number of anilines is 1. The van der Waals surface area contributed by atoms with Crippen molar-refractivity contribution in [1.29, 1.82) is 0 Å². The SMILES string of the molecule is O=C(c1cccc2ccccc12)N1CCN(c2ccc(Br)cc2)CC1. The van der Waals surface area contributed by atoms with E-state index in [2.05, 4.69) is 57.2 Å². The van der Waals surface area contributed by atoms with Crippen molar-refractivity contribution in [1.82, 2.24) is 4.90 Å². The van der Waals surface area contributed by atoms with Crippen molar-refractivity contribution in [2.24, 2.45) is 0 Å². The third-order valence-corrected chi connectivity index (χ3v) is 5.31. The van der Waals surface area contributed by atoms with Crippen molar-refractivity contribution < 1.29 is 4.79 Å². The summed E-state index contributed by atoms with van der Waals surface area (Å²) in [7, 11) is 0. The third-order valence-electron chi connectivity index (χ3n) is 4.78. The van der Waals surface area contributed by atoms with Crippen LogP contribution in [0.4, 0.5) is 5.69 Å². The molecule has 1 fully saturated rings. The minimum absolute atomic E-state index is 0.132. The zero-order chi connectivity index (χ0) is 17.2. The van der Waals surface area contributed by atoms with Crippen LogP contribution >= 0.6 is 15.9 Å². The smallest absolute Gasteiger partial charge is 0.254 e. The molecule has 0 atom stereocenters. The maximum atomic E-state index is 13.0. The van der Waals surface area contributed by atoms with Crippen molar-refractivity contribution >= 4 is 38.3 Å². The van der Waals surface area contributed by atoms with Crippen LogP contribution in [0, 0.1) is 0 Å². The molecule has 25 heavy (non-hydrogen) atoms. The molecule has 126 valence electrons. The first kappa shape index (κ1) is 16.2. The number of amides is 1. The van der Waals surface area contributed by atoms with Gasteiger partial charge < -0.3 is 9.80 Å². The van der Waals surface area contributed by atoms with Crippen LogP contribution < -0.4 is 4.90 Å². The van der Waals surface area contributed by atoms with Gasteiger partial charge in [-0.25, -0.2) is 0 Å². The summed E-state index contributed by atoms with van der Waals surface area (Å²) in [5.41, 5.74) is 2.01. The Bertz CT molecular complexity index is 894. The minimum atomic E-state index is 0.132. The van der Waals surface area contributed by atoms with Gasteiger partial charge in [0.15, 0.2) is 0 Å². The number of nitrogens with zero attached hydrogens (tertiary/aromatic N) is 2. The molecule has 3 aromatic rings. The van der Waals surface area contributed by atoms with E-state index in [-0.39, 0.29) is 5.91 Å². The Hall–Kier alpha value is -2.33. The normalized spacial score (nSPS) is 14.8. The molecule has 0 saturated carbocycles. The number of carbonyl (C=O) groups is 1. The van der Waals surface area contributed by atoms with Crippen LogP contribution in [-0.4, -0.2) is 37.0 Å². The van der Waals surface area contributed by atoms with Gasteiger partial charge in [0.2, 0.25) is 0 Å². The molecule has 3 aromatic carbocycles. The maximum absolute atomic E-state index is 13.0. The number of carbonyl (C=O) groups excluding carboxylic acids is 1. The molecular weight excluding hydrogens is 376 g/mol. The number of rotatable bonds is 2. The number of hydrogen-bond donors (Lipinski definition) is 0. The molecule has 0 aliphatic carbocycles. The Morgan fingerprint density at radius 2 is 1.48 bits per heavy atom. The lowest BCUT2D eigenvalue weighted by Gasteiger charge is -2.36. The van der Waals surface area contributed by atoms with E-state index >= 15 is 0 Å². The van der Waals surface area contributed by atoms with Gasteiger partial charge in [0.05, 0.1) is 0 Å². The molecule has 0 bridgehead atoms. The van der Waals surface area contributed by atoms with Crippen LogP contribution in [0.25, 0.3) is 10.8 Å². The summed E-state index contributed by atoms with van der Waals surface area (Å²) in [5.74, 6) is 0.132. The van der Waals surface area contributed by atoms with Gasteiger partial charge in [0, 0.05) is 41.9 Å². The summed E-state index contributed by atoms with van der Waals surface area (Å²) in [4.78, 5) is 17.3. The highest BCUT2D eigenvalue weighted by atomic mass is 79.9. The van der Waals surface area contributed by atoms with Crippen LogP contribution in [0.1, 0.15) is 10.4 Å². The van der Waals surface area contributed by atoms with E-state index in [1.165, 1.54) is 5.69 Å². The Labute approximate surface area is 156 Å². The summed E-state index contributed by atoms with van der Waals surface area (Å²) >= 11 is 3.47. The second kappa shape index (κ2) is 6.89. The fourth-order valence-corrected chi connectivity index (χ4v) is 3.67. The number of hydrogen-bond acceptors (Lipinski definition) is 2. The van der Waals surface area contributed by atoms with Gasteiger partial charge in [0.1, 0.15) is 0 Å². The molecule has 0 N–H and O–H groups in total. The first-order valence-corrected chi connectivity index (χ1v) is 9.29. The Kier molecular flexibility index (Phi) is 4.45. The predicted molar refractivity (Wildman–Crippen MR) is 106 cm³/mol. The van der Waals surface area contributed by atoms with Gasteiger partial charge in [-0.1, -0.05) is 52.3 Å². The number of benzene rings is 3. The lowest BCUT2D eigenvalue weighted by atomic mass is 10.0. The van der Waals surface area contributed by atoms with Gasteiger partial charge in [-0.15, -0.1) is 0 Å². The van der Waals surface area contributed by atoms with Crippen molar-refractivity contribution in [3.8, 4) is 0 Å². The fraction of sp³-hybridized carbons (Fsp3) is 0.190. The second-order valence-electron chi connectivity index (χ2n) is 6.28. The summed E-state index contributed by atoms with van der Waals surface area (Å²) in [6.45, 7) is 3.21. The van der Waals surface area contributed by atoms with E-state index in [4.69, 9.17) is 0 Å². The zero-order valence-corrected chi connectivity index (χ0v) is 15.4.